The number of nitrogens with zero attached hydrogens (tertiary/aromatic N) is 3. The van der Waals surface area contributed by atoms with E-state index in [0.717, 1.165) is 30.9 Å². The highest BCUT2D eigenvalue weighted by atomic mass is 32.2. The molecule has 2 saturated heterocycles. The molecule has 10 heteroatoms. The van der Waals surface area contributed by atoms with E-state index < -0.39 is 21.7 Å². The third kappa shape index (κ3) is 4.92. The zero-order chi connectivity index (χ0) is 20.3. The lowest BCUT2D eigenvalue weighted by molar-refractivity contribution is 0.0128. The van der Waals surface area contributed by atoms with Gasteiger partial charge in [-0.1, -0.05) is 5.16 Å². The summed E-state index contributed by atoms with van der Waals surface area (Å²) < 4.78 is 37.6. The van der Waals surface area contributed by atoms with Crippen LogP contribution in [0.4, 0.5) is 14.9 Å². The molecule has 1 aromatic carbocycles. The molecule has 1 N–H and O–H groups in total. The summed E-state index contributed by atoms with van der Waals surface area (Å²) in [5, 5.41) is 13.2. The summed E-state index contributed by atoms with van der Waals surface area (Å²) in [5.41, 5.74) is 1.13. The van der Waals surface area contributed by atoms with E-state index in [1.807, 2.05) is 4.90 Å². The molecule has 0 aromatic heterocycles. The van der Waals surface area contributed by atoms with Gasteiger partial charge in [-0.3, -0.25) is 0 Å². The fraction of sp³-hybridized carbons (Fsp3) is 0.556. The number of anilines is 1. The van der Waals surface area contributed by atoms with Crippen molar-refractivity contribution in [2.75, 3.05) is 37.3 Å². The van der Waals surface area contributed by atoms with E-state index in [1.54, 1.807) is 0 Å². The SMILES string of the molecule is CS(=O)(=O)c1ccc(N2CCC/C(=N/OC3CCN(C(=O)O)CC3)C2)c(F)c1. The number of benzene rings is 1. The maximum absolute atomic E-state index is 14.4. The van der Waals surface area contributed by atoms with Crippen molar-refractivity contribution < 1.29 is 27.5 Å². The molecule has 3 rings (SSSR count). The van der Waals surface area contributed by atoms with Crippen molar-refractivity contribution in [3.8, 4) is 0 Å². The molecule has 28 heavy (non-hydrogen) atoms. The Bertz CT molecular complexity index is 866. The number of likely N-dealkylation sites (tertiary alicyclic amines) is 1. The number of oxime groups is 1. The van der Waals surface area contributed by atoms with E-state index in [9.17, 15) is 17.6 Å². The van der Waals surface area contributed by atoms with E-state index in [2.05, 4.69) is 5.16 Å². The highest BCUT2D eigenvalue weighted by Crippen LogP contribution is 2.25. The van der Waals surface area contributed by atoms with Crippen molar-refractivity contribution >= 4 is 27.3 Å². The monoisotopic (exact) mass is 413 g/mol. The van der Waals surface area contributed by atoms with Crippen molar-refractivity contribution in [3.63, 3.8) is 0 Å². The topological polar surface area (TPSA) is 99.5 Å². The molecule has 0 spiro atoms. The first kappa shape index (κ1) is 20.4. The second kappa shape index (κ2) is 8.34. The number of carboxylic acid groups (broad SMARTS) is 1. The number of rotatable bonds is 4. The Morgan fingerprint density at radius 2 is 2.00 bits per heavy atom. The first-order chi connectivity index (χ1) is 13.2. The molecule has 0 bridgehead atoms. The van der Waals surface area contributed by atoms with Crippen LogP contribution in [-0.2, 0) is 14.7 Å². The average molecular weight is 413 g/mol. The third-order valence-corrected chi connectivity index (χ3v) is 6.11. The van der Waals surface area contributed by atoms with Gasteiger partial charge in [0, 0.05) is 38.7 Å². The molecular weight excluding hydrogens is 389 g/mol. The standard InChI is InChI=1S/C18H24FN3O5S/c1-28(25,26)15-4-5-17(16(19)11-15)22-8-2-3-13(12-22)20-27-14-6-9-21(10-7-14)18(23)24/h4-5,11,14H,2-3,6-10,12H2,1H3,(H,23,24)/b20-13-. The van der Waals surface area contributed by atoms with Crippen LogP contribution in [0, 0.1) is 5.82 Å². The Balaban J connectivity index is 1.61. The summed E-state index contributed by atoms with van der Waals surface area (Å²) in [4.78, 5) is 19.7. The van der Waals surface area contributed by atoms with Crippen LogP contribution in [-0.4, -0.2) is 68.8 Å². The van der Waals surface area contributed by atoms with Crippen molar-refractivity contribution in [3.05, 3.63) is 24.0 Å². The smallest absolute Gasteiger partial charge is 0.407 e. The highest BCUT2D eigenvalue weighted by Gasteiger charge is 2.25. The Morgan fingerprint density at radius 3 is 2.61 bits per heavy atom. The molecule has 2 aliphatic rings. The Hall–Kier alpha value is -2.36. The molecule has 0 aliphatic carbocycles. The number of piperidine rings is 2. The van der Waals surface area contributed by atoms with Crippen LogP contribution >= 0.6 is 0 Å². The molecule has 2 heterocycles. The fourth-order valence-electron chi connectivity index (χ4n) is 3.41. The first-order valence-corrected chi connectivity index (χ1v) is 11.1. The number of sulfone groups is 1. The van der Waals surface area contributed by atoms with Crippen LogP contribution in [0.1, 0.15) is 25.7 Å². The predicted molar refractivity (Wildman–Crippen MR) is 102 cm³/mol. The molecule has 8 nitrogen and oxygen atoms in total. The molecule has 0 atom stereocenters. The lowest BCUT2D eigenvalue weighted by atomic mass is 10.1. The molecule has 0 saturated carbocycles. The minimum absolute atomic E-state index is 0.0457. The van der Waals surface area contributed by atoms with Gasteiger partial charge < -0.3 is 19.7 Å². The molecule has 2 aliphatic heterocycles. The molecule has 1 amide bonds. The normalized spacial score (nSPS) is 20.4. The number of halogens is 1. The average Bonchev–Trinajstić information content (AvgIpc) is 2.66. The molecule has 2 fully saturated rings. The molecule has 154 valence electrons. The zero-order valence-electron chi connectivity index (χ0n) is 15.7. The minimum Gasteiger partial charge on any atom is -0.465 e. The Morgan fingerprint density at radius 1 is 1.29 bits per heavy atom. The maximum Gasteiger partial charge on any atom is 0.407 e. The van der Waals surface area contributed by atoms with Crippen molar-refractivity contribution in [1.29, 1.82) is 0 Å². The minimum atomic E-state index is -3.46. The van der Waals surface area contributed by atoms with Crippen LogP contribution < -0.4 is 4.90 Å². The maximum atomic E-state index is 14.4. The zero-order valence-corrected chi connectivity index (χ0v) is 16.5. The Labute approximate surface area is 163 Å². The molecule has 0 unspecified atom stereocenters. The number of amides is 1. The van der Waals surface area contributed by atoms with Gasteiger partial charge in [0.1, 0.15) is 11.9 Å². The van der Waals surface area contributed by atoms with Gasteiger partial charge in [-0.15, -0.1) is 0 Å². The molecule has 0 radical (unpaired) electrons. The number of hydrogen-bond acceptors (Lipinski definition) is 6. The van der Waals surface area contributed by atoms with E-state index >= 15 is 0 Å². The summed E-state index contributed by atoms with van der Waals surface area (Å²) in [6, 6.07) is 3.94. The third-order valence-electron chi connectivity index (χ3n) is 5.00. The largest absolute Gasteiger partial charge is 0.465 e. The second-order valence-corrected chi connectivity index (χ2v) is 9.16. The van der Waals surface area contributed by atoms with Crippen LogP contribution in [0.3, 0.4) is 0 Å². The van der Waals surface area contributed by atoms with Gasteiger partial charge in [-0.05, 0) is 31.0 Å². The van der Waals surface area contributed by atoms with Crippen LogP contribution in [0.25, 0.3) is 0 Å². The lowest BCUT2D eigenvalue weighted by Gasteiger charge is -2.31. The predicted octanol–water partition coefficient (Wildman–Crippen LogP) is 2.34. The van der Waals surface area contributed by atoms with E-state index in [4.69, 9.17) is 9.94 Å². The van der Waals surface area contributed by atoms with E-state index in [-0.39, 0.29) is 11.0 Å². The van der Waals surface area contributed by atoms with Crippen molar-refractivity contribution in [2.45, 2.75) is 36.7 Å². The molecule has 1 aromatic rings. The second-order valence-electron chi connectivity index (χ2n) is 7.14. The van der Waals surface area contributed by atoms with Crippen LogP contribution in [0.15, 0.2) is 28.3 Å². The van der Waals surface area contributed by atoms with Gasteiger partial charge in [0.05, 0.1) is 22.8 Å². The first-order valence-electron chi connectivity index (χ1n) is 9.18. The summed E-state index contributed by atoms with van der Waals surface area (Å²) in [7, 11) is -3.46. The van der Waals surface area contributed by atoms with E-state index in [0.29, 0.717) is 44.7 Å². The van der Waals surface area contributed by atoms with Gasteiger partial charge in [-0.25, -0.2) is 17.6 Å². The Kier molecular flexibility index (Phi) is 6.07. The van der Waals surface area contributed by atoms with Gasteiger partial charge >= 0.3 is 6.09 Å². The lowest BCUT2D eigenvalue weighted by Crippen LogP contribution is -2.40. The highest BCUT2D eigenvalue weighted by molar-refractivity contribution is 7.90. The van der Waals surface area contributed by atoms with Gasteiger partial charge in [0.2, 0.25) is 0 Å². The summed E-state index contributed by atoms with van der Waals surface area (Å²) in [6.45, 7) is 1.90. The van der Waals surface area contributed by atoms with Gasteiger partial charge in [0.15, 0.2) is 9.84 Å². The summed E-state index contributed by atoms with van der Waals surface area (Å²) in [5.74, 6) is -0.578. The van der Waals surface area contributed by atoms with Crippen LogP contribution in [0.2, 0.25) is 0 Å². The quantitative estimate of drug-likeness (QED) is 0.761. The van der Waals surface area contributed by atoms with Crippen molar-refractivity contribution in [1.82, 2.24) is 4.90 Å². The van der Waals surface area contributed by atoms with E-state index in [1.165, 1.54) is 17.0 Å². The fourth-order valence-corrected chi connectivity index (χ4v) is 4.04. The van der Waals surface area contributed by atoms with Crippen molar-refractivity contribution in [2.24, 2.45) is 5.16 Å². The molecular formula is C18H24FN3O5S. The van der Waals surface area contributed by atoms with Crippen LogP contribution in [0.5, 0.6) is 0 Å². The van der Waals surface area contributed by atoms with Gasteiger partial charge in [0.25, 0.3) is 0 Å². The number of carbonyl (C=O) groups is 1. The summed E-state index contributed by atoms with van der Waals surface area (Å²) in [6.07, 6.45) is 2.72. The van der Waals surface area contributed by atoms with Gasteiger partial charge in [-0.2, -0.15) is 0 Å². The number of hydrogen-bond donors (Lipinski definition) is 1. The summed E-state index contributed by atoms with van der Waals surface area (Å²) >= 11 is 0.